The molecule has 0 unspecified atom stereocenters. The molecule has 2 aromatic heterocycles. The molecule has 178 valence electrons. The average Bonchev–Trinajstić information content (AvgIpc) is 3.08. The van der Waals surface area contributed by atoms with Gasteiger partial charge in [0.25, 0.3) is 0 Å². The number of aromatic nitrogens is 3. The maximum absolute atomic E-state index is 10.5. The number of rotatable bonds is 8. The number of hydrogen-bond acceptors (Lipinski definition) is 6. The van der Waals surface area contributed by atoms with E-state index in [4.69, 9.17) is 9.73 Å². The number of benzene rings is 1. The highest BCUT2D eigenvalue weighted by atomic mass is 16.5. The van der Waals surface area contributed by atoms with Crippen molar-refractivity contribution in [1.82, 2.24) is 19.0 Å². The molecule has 3 heterocycles. The zero-order valence-electron chi connectivity index (χ0n) is 19.9. The molecule has 8 heteroatoms. The molecule has 33 heavy (non-hydrogen) atoms. The van der Waals surface area contributed by atoms with Gasteiger partial charge in [0, 0.05) is 37.9 Å². The normalized spacial score (nSPS) is 15.7. The van der Waals surface area contributed by atoms with E-state index in [0.717, 1.165) is 73.7 Å². The minimum Gasteiger partial charge on any atom is -0.506 e. The minimum absolute atomic E-state index is 0.0250. The van der Waals surface area contributed by atoms with Crippen LogP contribution in [0.1, 0.15) is 37.2 Å². The van der Waals surface area contributed by atoms with E-state index in [2.05, 4.69) is 38.9 Å². The van der Waals surface area contributed by atoms with Crippen LogP contribution in [0.2, 0.25) is 0 Å². The van der Waals surface area contributed by atoms with E-state index in [9.17, 15) is 10.2 Å². The molecule has 2 N–H and O–H groups in total. The number of hydrogen-bond donors (Lipinski definition) is 2. The number of ether oxygens (including phenoxy) is 1. The van der Waals surface area contributed by atoms with Crippen molar-refractivity contribution in [3.63, 3.8) is 0 Å². The van der Waals surface area contributed by atoms with Crippen LogP contribution in [0.3, 0.4) is 0 Å². The highest BCUT2D eigenvalue weighted by molar-refractivity contribution is 5.77. The van der Waals surface area contributed by atoms with Gasteiger partial charge in [0.2, 0.25) is 5.62 Å². The zero-order valence-corrected chi connectivity index (χ0v) is 19.9. The fraction of sp³-hybridized carbons (Fsp3) is 0.520. The van der Waals surface area contributed by atoms with Crippen molar-refractivity contribution in [3.8, 4) is 5.75 Å². The molecule has 8 nitrogen and oxygen atoms in total. The molecule has 3 aromatic rings. The van der Waals surface area contributed by atoms with Gasteiger partial charge in [0.05, 0.1) is 37.4 Å². The first-order valence-electron chi connectivity index (χ1n) is 11.8. The smallest absolute Gasteiger partial charge is 0.206 e. The monoisotopic (exact) mass is 453 g/mol. The van der Waals surface area contributed by atoms with Crippen molar-refractivity contribution < 1.29 is 14.9 Å². The van der Waals surface area contributed by atoms with Crippen LogP contribution in [0, 0.1) is 6.92 Å². The molecule has 0 spiro atoms. The Morgan fingerprint density at radius 1 is 1.06 bits per heavy atom. The predicted molar refractivity (Wildman–Crippen MR) is 128 cm³/mol. The van der Waals surface area contributed by atoms with Crippen molar-refractivity contribution in [1.29, 1.82) is 0 Å². The summed E-state index contributed by atoms with van der Waals surface area (Å²) in [6.45, 7) is 11.9. The number of aromatic hydroxyl groups is 1. The van der Waals surface area contributed by atoms with Crippen molar-refractivity contribution >= 4 is 11.0 Å². The van der Waals surface area contributed by atoms with E-state index in [1.54, 1.807) is 6.07 Å². The third kappa shape index (κ3) is 5.46. The Morgan fingerprint density at radius 3 is 2.58 bits per heavy atom. The molecule has 1 aliphatic heterocycles. The number of aliphatic hydroxyl groups is 1. The van der Waals surface area contributed by atoms with Crippen LogP contribution in [0.4, 0.5) is 0 Å². The lowest BCUT2D eigenvalue weighted by atomic mass is 10.2. The highest BCUT2D eigenvalue weighted by Gasteiger charge is 2.17. The van der Waals surface area contributed by atoms with Gasteiger partial charge in [0.1, 0.15) is 11.4 Å². The summed E-state index contributed by atoms with van der Waals surface area (Å²) in [5.41, 5.74) is 5.23. The standard InChI is InChI=1S/C25H35N5O3/c1-18(2)26-25-29(10-4-9-28-11-13-33-14-12-28)22-7-6-20(17-31)15-23(22)30(25)16-21-24(32)8-5-19(3)27-21/h5-8,15,18,31-32H,4,9-14,16-17H2,1-3H3. The van der Waals surface area contributed by atoms with Gasteiger partial charge in [-0.2, -0.15) is 0 Å². The molecule has 1 fully saturated rings. The summed E-state index contributed by atoms with van der Waals surface area (Å²) >= 11 is 0. The lowest BCUT2D eigenvalue weighted by Gasteiger charge is -2.26. The van der Waals surface area contributed by atoms with Crippen LogP contribution >= 0.6 is 0 Å². The minimum atomic E-state index is -0.0250. The summed E-state index contributed by atoms with van der Waals surface area (Å²) in [6, 6.07) is 9.65. The van der Waals surface area contributed by atoms with Gasteiger partial charge in [0.15, 0.2) is 0 Å². The maximum Gasteiger partial charge on any atom is 0.206 e. The van der Waals surface area contributed by atoms with E-state index < -0.39 is 0 Å². The fourth-order valence-electron chi connectivity index (χ4n) is 4.37. The van der Waals surface area contributed by atoms with E-state index >= 15 is 0 Å². The SMILES string of the molecule is Cc1ccc(O)c(Cn2c(=NC(C)C)n(CCCN3CCOCC3)c3ccc(CO)cc32)n1. The van der Waals surface area contributed by atoms with E-state index in [1.165, 1.54) is 0 Å². The topological polar surface area (TPSA) is 88.0 Å². The number of aliphatic hydroxyl groups excluding tert-OH is 1. The second-order valence-corrected chi connectivity index (χ2v) is 8.97. The van der Waals surface area contributed by atoms with Gasteiger partial charge >= 0.3 is 0 Å². The second-order valence-electron chi connectivity index (χ2n) is 8.97. The molecule has 0 radical (unpaired) electrons. The zero-order chi connectivity index (χ0) is 23.4. The van der Waals surface area contributed by atoms with Crippen molar-refractivity contribution in [2.45, 2.75) is 52.9 Å². The van der Waals surface area contributed by atoms with Crippen LogP contribution in [0.15, 0.2) is 35.3 Å². The van der Waals surface area contributed by atoms with Gasteiger partial charge in [-0.3, -0.25) is 9.88 Å². The molecule has 0 amide bonds. The number of fused-ring (bicyclic) bond motifs is 1. The molecular formula is C25H35N5O3. The van der Waals surface area contributed by atoms with Gasteiger partial charge < -0.3 is 24.1 Å². The van der Waals surface area contributed by atoms with Crippen LogP contribution in [0.25, 0.3) is 11.0 Å². The summed E-state index contributed by atoms with van der Waals surface area (Å²) in [6.07, 6.45) is 1.00. The van der Waals surface area contributed by atoms with Crippen molar-refractivity contribution in [3.05, 3.63) is 52.9 Å². The Kier molecular flexibility index (Phi) is 7.47. The maximum atomic E-state index is 10.5. The molecular weight excluding hydrogens is 418 g/mol. The second kappa shape index (κ2) is 10.5. The number of nitrogens with zero attached hydrogens (tertiary/aromatic N) is 5. The van der Waals surface area contributed by atoms with Crippen molar-refractivity contribution in [2.75, 3.05) is 32.8 Å². The first-order chi connectivity index (χ1) is 16.0. The molecule has 1 aromatic carbocycles. The number of aryl methyl sites for hydroxylation is 2. The van der Waals surface area contributed by atoms with E-state index in [-0.39, 0.29) is 18.4 Å². The van der Waals surface area contributed by atoms with Gasteiger partial charge in [-0.25, -0.2) is 4.99 Å². The Balaban J connectivity index is 1.77. The summed E-state index contributed by atoms with van der Waals surface area (Å²) in [7, 11) is 0. The summed E-state index contributed by atoms with van der Waals surface area (Å²) in [5.74, 6) is 0.176. The first kappa shape index (κ1) is 23.5. The van der Waals surface area contributed by atoms with Crippen molar-refractivity contribution in [2.24, 2.45) is 4.99 Å². The molecule has 0 atom stereocenters. The summed E-state index contributed by atoms with van der Waals surface area (Å²) < 4.78 is 9.86. The van der Waals surface area contributed by atoms with Gasteiger partial charge in [-0.05, 0) is 57.0 Å². The predicted octanol–water partition coefficient (Wildman–Crippen LogP) is 2.42. The fourth-order valence-corrected chi connectivity index (χ4v) is 4.37. The van der Waals surface area contributed by atoms with Gasteiger partial charge in [-0.1, -0.05) is 6.07 Å². The molecule has 1 aliphatic rings. The highest BCUT2D eigenvalue weighted by Crippen LogP contribution is 2.21. The van der Waals surface area contributed by atoms with Crippen LogP contribution < -0.4 is 5.62 Å². The lowest BCUT2D eigenvalue weighted by Crippen LogP contribution is -2.37. The third-order valence-electron chi connectivity index (χ3n) is 6.02. The molecule has 0 aliphatic carbocycles. The quantitative estimate of drug-likeness (QED) is 0.547. The van der Waals surface area contributed by atoms with E-state index in [0.29, 0.717) is 12.2 Å². The van der Waals surface area contributed by atoms with Crippen LogP contribution in [0.5, 0.6) is 5.75 Å². The Bertz CT molecular complexity index is 1160. The number of pyridine rings is 1. The van der Waals surface area contributed by atoms with Crippen LogP contribution in [-0.4, -0.2) is 68.1 Å². The molecule has 0 saturated carbocycles. The first-order valence-corrected chi connectivity index (χ1v) is 11.8. The Labute approximate surface area is 194 Å². The lowest BCUT2D eigenvalue weighted by molar-refractivity contribution is 0.0369. The molecule has 4 rings (SSSR count). The number of morpholine rings is 1. The number of imidazole rings is 1. The largest absolute Gasteiger partial charge is 0.506 e. The summed E-state index contributed by atoms with van der Waals surface area (Å²) in [4.78, 5) is 12.0. The Hall–Kier alpha value is -2.68. The Morgan fingerprint density at radius 2 is 1.85 bits per heavy atom. The van der Waals surface area contributed by atoms with Crippen LogP contribution in [-0.2, 0) is 24.4 Å². The third-order valence-corrected chi connectivity index (χ3v) is 6.02. The summed E-state index contributed by atoms with van der Waals surface area (Å²) in [5, 5.41) is 20.2. The molecule has 0 bridgehead atoms. The van der Waals surface area contributed by atoms with Gasteiger partial charge in [-0.15, -0.1) is 0 Å². The van der Waals surface area contributed by atoms with E-state index in [1.807, 2.05) is 25.1 Å². The molecule has 1 saturated heterocycles. The average molecular weight is 454 g/mol.